The number of hydrogen-bond donors (Lipinski definition) is 1. The number of tetrazole rings is 1. The first-order valence-corrected chi connectivity index (χ1v) is 8.32. The molecular formula is C15H28N6O. The fraction of sp³-hybridized carbons (Fsp3) is 0.867. The molecule has 1 fully saturated rings. The van der Waals surface area contributed by atoms with Crippen LogP contribution in [0.2, 0.25) is 0 Å². The number of aryl methyl sites for hydroxylation is 1. The zero-order valence-electron chi connectivity index (χ0n) is 13.9. The quantitative estimate of drug-likeness (QED) is 0.821. The van der Waals surface area contributed by atoms with Crippen molar-refractivity contribution in [1.29, 1.82) is 0 Å². The molecule has 7 heteroatoms. The molecule has 124 valence electrons. The van der Waals surface area contributed by atoms with Crippen LogP contribution in [0.15, 0.2) is 0 Å². The van der Waals surface area contributed by atoms with E-state index in [0.717, 1.165) is 51.1 Å². The van der Waals surface area contributed by atoms with E-state index in [1.54, 1.807) is 0 Å². The molecule has 1 amide bonds. The number of carbonyl (C=O) groups is 1. The minimum absolute atomic E-state index is 0.0192. The summed E-state index contributed by atoms with van der Waals surface area (Å²) in [4.78, 5) is 13.7. The van der Waals surface area contributed by atoms with Crippen molar-refractivity contribution in [3.8, 4) is 0 Å². The summed E-state index contributed by atoms with van der Waals surface area (Å²) in [6.45, 7) is 9.18. The third-order valence-corrected chi connectivity index (χ3v) is 4.54. The third-order valence-electron chi connectivity index (χ3n) is 4.54. The van der Waals surface area contributed by atoms with Gasteiger partial charge in [0.15, 0.2) is 5.82 Å². The van der Waals surface area contributed by atoms with Crippen molar-refractivity contribution >= 4 is 5.91 Å². The number of hydrogen-bond acceptors (Lipinski definition) is 5. The molecule has 0 spiro atoms. The number of amides is 1. The van der Waals surface area contributed by atoms with Gasteiger partial charge in [-0.1, -0.05) is 20.8 Å². The molecule has 0 unspecified atom stereocenters. The van der Waals surface area contributed by atoms with Gasteiger partial charge in [0, 0.05) is 12.5 Å². The van der Waals surface area contributed by atoms with Crippen LogP contribution in [0.3, 0.4) is 0 Å². The molecule has 1 aliphatic heterocycles. The number of nitrogens with two attached hydrogens (primary N) is 1. The molecule has 1 aromatic rings. The molecule has 1 atom stereocenters. The van der Waals surface area contributed by atoms with Crippen LogP contribution in [0.5, 0.6) is 0 Å². The molecule has 7 nitrogen and oxygen atoms in total. The highest BCUT2D eigenvalue weighted by Gasteiger charge is 2.30. The smallest absolute Gasteiger partial charge is 0.220 e. The average molecular weight is 308 g/mol. The van der Waals surface area contributed by atoms with E-state index >= 15 is 0 Å². The number of carbonyl (C=O) groups excluding carboxylic acids is 1. The monoisotopic (exact) mass is 308 g/mol. The summed E-state index contributed by atoms with van der Waals surface area (Å²) in [5.41, 5.74) is 5.41. The van der Waals surface area contributed by atoms with Gasteiger partial charge in [-0.15, -0.1) is 5.10 Å². The Kier molecular flexibility index (Phi) is 5.88. The summed E-state index contributed by atoms with van der Waals surface area (Å²) in [5.74, 6) is 1.42. The summed E-state index contributed by atoms with van der Waals surface area (Å²) in [7, 11) is 0. The Morgan fingerprint density at radius 1 is 1.36 bits per heavy atom. The van der Waals surface area contributed by atoms with Gasteiger partial charge in [0.05, 0.1) is 6.04 Å². The highest BCUT2D eigenvalue weighted by Crippen LogP contribution is 2.28. The minimum atomic E-state index is -0.172. The van der Waals surface area contributed by atoms with Gasteiger partial charge in [0.2, 0.25) is 5.91 Å². The molecule has 0 bridgehead atoms. The second-order valence-electron chi connectivity index (χ2n) is 6.58. The number of rotatable bonds is 7. The molecule has 1 saturated heterocycles. The number of primary amides is 1. The maximum atomic E-state index is 11.3. The fourth-order valence-electron chi connectivity index (χ4n) is 3.09. The van der Waals surface area contributed by atoms with Crippen LogP contribution in [0.1, 0.15) is 58.3 Å². The lowest BCUT2D eigenvalue weighted by molar-refractivity contribution is -0.123. The molecule has 0 aliphatic carbocycles. The fourth-order valence-corrected chi connectivity index (χ4v) is 3.09. The summed E-state index contributed by atoms with van der Waals surface area (Å²) in [5, 5.41) is 12.3. The minimum Gasteiger partial charge on any atom is -0.369 e. The van der Waals surface area contributed by atoms with Crippen LogP contribution in [-0.4, -0.2) is 44.1 Å². The van der Waals surface area contributed by atoms with Gasteiger partial charge in [-0.25, -0.2) is 4.68 Å². The number of aromatic nitrogens is 4. The van der Waals surface area contributed by atoms with Crippen LogP contribution < -0.4 is 5.73 Å². The van der Waals surface area contributed by atoms with E-state index in [9.17, 15) is 4.79 Å². The second kappa shape index (κ2) is 7.67. The first kappa shape index (κ1) is 16.9. The van der Waals surface area contributed by atoms with Crippen molar-refractivity contribution in [2.45, 2.75) is 59.0 Å². The van der Waals surface area contributed by atoms with Crippen LogP contribution in [-0.2, 0) is 11.3 Å². The van der Waals surface area contributed by atoms with Crippen molar-refractivity contribution in [2.24, 2.45) is 17.6 Å². The van der Waals surface area contributed by atoms with E-state index < -0.39 is 0 Å². The molecule has 0 radical (unpaired) electrons. The SMILES string of the molecule is CC[C@@H](c1nnnn1CCC(C)C)N1CCC(C(N)=O)CC1. The summed E-state index contributed by atoms with van der Waals surface area (Å²) in [6.07, 6.45) is 3.69. The van der Waals surface area contributed by atoms with E-state index in [2.05, 4.69) is 41.2 Å². The highest BCUT2D eigenvalue weighted by molar-refractivity contribution is 5.76. The summed E-state index contributed by atoms with van der Waals surface area (Å²) in [6, 6.07) is 0.219. The van der Waals surface area contributed by atoms with E-state index in [-0.39, 0.29) is 17.9 Å². The zero-order valence-corrected chi connectivity index (χ0v) is 13.9. The standard InChI is InChI=1S/C15H28N6O/c1-4-13(20-8-6-12(7-9-20)14(16)22)15-17-18-19-21(15)10-5-11(2)3/h11-13H,4-10H2,1-3H3,(H2,16,22)/t13-/m0/s1. The summed E-state index contributed by atoms with van der Waals surface area (Å²) >= 11 is 0. The van der Waals surface area contributed by atoms with Crippen LogP contribution >= 0.6 is 0 Å². The Hall–Kier alpha value is -1.50. The first-order chi connectivity index (χ1) is 10.5. The lowest BCUT2D eigenvalue weighted by Crippen LogP contribution is -2.41. The van der Waals surface area contributed by atoms with Crippen molar-refractivity contribution in [3.05, 3.63) is 5.82 Å². The van der Waals surface area contributed by atoms with E-state index in [0.29, 0.717) is 5.92 Å². The number of nitrogens with zero attached hydrogens (tertiary/aromatic N) is 5. The Bertz CT molecular complexity index is 478. The van der Waals surface area contributed by atoms with Crippen molar-refractivity contribution < 1.29 is 4.79 Å². The van der Waals surface area contributed by atoms with Gasteiger partial charge in [0.1, 0.15) is 0 Å². The zero-order chi connectivity index (χ0) is 16.1. The molecule has 0 aromatic carbocycles. The summed E-state index contributed by atoms with van der Waals surface area (Å²) < 4.78 is 1.94. The van der Waals surface area contributed by atoms with E-state index in [4.69, 9.17) is 5.73 Å². The van der Waals surface area contributed by atoms with Gasteiger partial charge in [-0.2, -0.15) is 0 Å². The Morgan fingerprint density at radius 2 is 2.05 bits per heavy atom. The number of piperidine rings is 1. The van der Waals surface area contributed by atoms with Gasteiger partial charge in [-0.05, 0) is 55.1 Å². The predicted molar refractivity (Wildman–Crippen MR) is 83.8 cm³/mol. The first-order valence-electron chi connectivity index (χ1n) is 8.32. The van der Waals surface area contributed by atoms with Crippen LogP contribution in [0, 0.1) is 11.8 Å². The lowest BCUT2D eigenvalue weighted by atomic mass is 9.94. The molecule has 2 N–H and O–H groups in total. The topological polar surface area (TPSA) is 89.9 Å². The van der Waals surface area contributed by atoms with E-state index in [1.165, 1.54) is 0 Å². The number of likely N-dealkylation sites (tertiary alicyclic amines) is 1. The van der Waals surface area contributed by atoms with Gasteiger partial charge in [-0.3, -0.25) is 9.69 Å². The third kappa shape index (κ3) is 4.03. The average Bonchev–Trinajstić information content (AvgIpc) is 2.95. The molecular weight excluding hydrogens is 280 g/mol. The maximum Gasteiger partial charge on any atom is 0.220 e. The van der Waals surface area contributed by atoms with Gasteiger partial charge < -0.3 is 5.73 Å². The lowest BCUT2D eigenvalue weighted by Gasteiger charge is -2.35. The Morgan fingerprint density at radius 3 is 2.59 bits per heavy atom. The normalized spacial score (nSPS) is 18.7. The molecule has 2 heterocycles. The Labute approximate surface area is 132 Å². The highest BCUT2D eigenvalue weighted by atomic mass is 16.1. The van der Waals surface area contributed by atoms with Gasteiger partial charge in [0.25, 0.3) is 0 Å². The van der Waals surface area contributed by atoms with Crippen molar-refractivity contribution in [1.82, 2.24) is 25.1 Å². The molecule has 0 saturated carbocycles. The van der Waals surface area contributed by atoms with Crippen LogP contribution in [0.4, 0.5) is 0 Å². The van der Waals surface area contributed by atoms with E-state index in [1.807, 2.05) is 4.68 Å². The molecule has 2 rings (SSSR count). The largest absolute Gasteiger partial charge is 0.369 e. The van der Waals surface area contributed by atoms with Crippen LogP contribution in [0.25, 0.3) is 0 Å². The Balaban J connectivity index is 2.03. The molecule has 1 aromatic heterocycles. The maximum absolute atomic E-state index is 11.3. The van der Waals surface area contributed by atoms with Crippen molar-refractivity contribution in [2.75, 3.05) is 13.1 Å². The molecule has 22 heavy (non-hydrogen) atoms. The van der Waals surface area contributed by atoms with Gasteiger partial charge >= 0.3 is 0 Å². The predicted octanol–water partition coefficient (Wildman–Crippen LogP) is 1.37. The second-order valence-corrected chi connectivity index (χ2v) is 6.58. The molecule has 1 aliphatic rings. The van der Waals surface area contributed by atoms with Crippen molar-refractivity contribution in [3.63, 3.8) is 0 Å².